The van der Waals surface area contributed by atoms with E-state index in [0.29, 0.717) is 0 Å². The first-order valence-corrected chi connectivity index (χ1v) is 6.30. The van der Waals surface area contributed by atoms with Crippen molar-refractivity contribution in [2.45, 2.75) is 45.8 Å². The van der Waals surface area contributed by atoms with Crippen LogP contribution in [0.2, 0.25) is 0 Å². The van der Waals surface area contributed by atoms with Crippen LogP contribution in [0.15, 0.2) is 18.2 Å². The minimum atomic E-state index is 0.120. The standard InChI is InChI=1S/C14H22N2O/c1-10(2)17-12-7-5-6-11-13(12)15-9-8-14(3,4)16-11/h5-7,10,15-16H,8-9H2,1-4H3. The fourth-order valence-corrected chi connectivity index (χ4v) is 2.10. The molecule has 1 heterocycles. The molecule has 17 heavy (non-hydrogen) atoms. The summed E-state index contributed by atoms with van der Waals surface area (Å²) in [6.45, 7) is 9.51. The summed E-state index contributed by atoms with van der Waals surface area (Å²) in [7, 11) is 0. The van der Waals surface area contributed by atoms with Crippen LogP contribution in [0, 0.1) is 0 Å². The van der Waals surface area contributed by atoms with E-state index in [0.717, 1.165) is 30.1 Å². The van der Waals surface area contributed by atoms with Gasteiger partial charge in [-0.05, 0) is 46.2 Å². The summed E-state index contributed by atoms with van der Waals surface area (Å²) in [6, 6.07) is 6.15. The lowest BCUT2D eigenvalue weighted by Crippen LogP contribution is -2.30. The maximum Gasteiger partial charge on any atom is 0.144 e. The molecule has 0 bridgehead atoms. The van der Waals surface area contributed by atoms with E-state index in [2.05, 4.69) is 30.5 Å². The van der Waals surface area contributed by atoms with Crippen LogP contribution < -0.4 is 15.4 Å². The Kier molecular flexibility index (Phi) is 3.18. The molecule has 0 radical (unpaired) electrons. The van der Waals surface area contributed by atoms with Gasteiger partial charge in [0, 0.05) is 12.1 Å². The Labute approximate surface area is 104 Å². The van der Waals surface area contributed by atoms with Gasteiger partial charge in [-0.1, -0.05) is 6.07 Å². The van der Waals surface area contributed by atoms with Gasteiger partial charge in [-0.3, -0.25) is 0 Å². The minimum absolute atomic E-state index is 0.120. The van der Waals surface area contributed by atoms with Gasteiger partial charge in [0.2, 0.25) is 0 Å². The first-order valence-electron chi connectivity index (χ1n) is 6.30. The van der Waals surface area contributed by atoms with Crippen molar-refractivity contribution in [2.75, 3.05) is 17.2 Å². The second-order valence-corrected chi connectivity index (χ2v) is 5.53. The van der Waals surface area contributed by atoms with Gasteiger partial charge in [-0.15, -0.1) is 0 Å². The molecule has 1 aromatic carbocycles. The molecule has 0 aromatic heterocycles. The molecule has 0 fully saturated rings. The second-order valence-electron chi connectivity index (χ2n) is 5.53. The summed E-state index contributed by atoms with van der Waals surface area (Å²) >= 11 is 0. The van der Waals surface area contributed by atoms with Gasteiger partial charge in [0.05, 0.1) is 11.8 Å². The molecule has 2 N–H and O–H groups in total. The Morgan fingerprint density at radius 2 is 2.06 bits per heavy atom. The van der Waals surface area contributed by atoms with E-state index in [9.17, 15) is 0 Å². The van der Waals surface area contributed by atoms with E-state index in [1.54, 1.807) is 0 Å². The zero-order valence-corrected chi connectivity index (χ0v) is 11.1. The van der Waals surface area contributed by atoms with Gasteiger partial charge < -0.3 is 15.4 Å². The van der Waals surface area contributed by atoms with Crippen LogP contribution in [0.5, 0.6) is 5.75 Å². The number of hydrogen-bond acceptors (Lipinski definition) is 3. The van der Waals surface area contributed by atoms with Gasteiger partial charge in [0.25, 0.3) is 0 Å². The van der Waals surface area contributed by atoms with Crippen molar-refractivity contribution < 1.29 is 4.74 Å². The van der Waals surface area contributed by atoms with Gasteiger partial charge in [0.15, 0.2) is 0 Å². The number of anilines is 2. The van der Waals surface area contributed by atoms with E-state index >= 15 is 0 Å². The molecule has 0 spiro atoms. The van der Waals surface area contributed by atoms with Crippen LogP contribution >= 0.6 is 0 Å². The molecule has 2 rings (SSSR count). The van der Waals surface area contributed by atoms with E-state index in [4.69, 9.17) is 4.74 Å². The van der Waals surface area contributed by atoms with Crippen molar-refractivity contribution in [3.63, 3.8) is 0 Å². The average molecular weight is 234 g/mol. The molecule has 3 nitrogen and oxygen atoms in total. The molecule has 0 amide bonds. The van der Waals surface area contributed by atoms with E-state index in [-0.39, 0.29) is 11.6 Å². The van der Waals surface area contributed by atoms with Crippen LogP contribution in [-0.2, 0) is 0 Å². The maximum absolute atomic E-state index is 5.83. The van der Waals surface area contributed by atoms with Gasteiger partial charge in [-0.25, -0.2) is 0 Å². The summed E-state index contributed by atoms with van der Waals surface area (Å²) < 4.78 is 5.83. The monoisotopic (exact) mass is 234 g/mol. The van der Waals surface area contributed by atoms with E-state index < -0.39 is 0 Å². The van der Waals surface area contributed by atoms with Crippen molar-refractivity contribution >= 4 is 11.4 Å². The second kappa shape index (κ2) is 4.47. The number of rotatable bonds is 2. The molecule has 0 saturated heterocycles. The average Bonchev–Trinajstić information content (AvgIpc) is 2.35. The highest BCUT2D eigenvalue weighted by molar-refractivity contribution is 5.76. The number of hydrogen-bond donors (Lipinski definition) is 2. The third-order valence-corrected chi connectivity index (χ3v) is 2.91. The van der Waals surface area contributed by atoms with Crippen molar-refractivity contribution in [3.8, 4) is 5.75 Å². The Morgan fingerprint density at radius 3 is 2.76 bits per heavy atom. The molecule has 1 aliphatic heterocycles. The van der Waals surface area contributed by atoms with Gasteiger partial charge in [0.1, 0.15) is 11.4 Å². The molecule has 1 aromatic rings. The van der Waals surface area contributed by atoms with Crippen LogP contribution in [0.4, 0.5) is 11.4 Å². The van der Waals surface area contributed by atoms with Crippen LogP contribution in [0.3, 0.4) is 0 Å². The van der Waals surface area contributed by atoms with Crippen LogP contribution in [-0.4, -0.2) is 18.2 Å². The summed E-state index contributed by atoms with van der Waals surface area (Å²) in [5.41, 5.74) is 2.34. The Bertz CT molecular complexity index is 399. The number of fused-ring (bicyclic) bond motifs is 1. The SMILES string of the molecule is CC(C)Oc1cccc2c1NCCC(C)(C)N2. The summed E-state index contributed by atoms with van der Waals surface area (Å²) in [5.74, 6) is 0.933. The third-order valence-electron chi connectivity index (χ3n) is 2.91. The number of nitrogens with one attached hydrogen (secondary N) is 2. The predicted molar refractivity (Wildman–Crippen MR) is 73.0 cm³/mol. The van der Waals surface area contributed by atoms with Crippen LogP contribution in [0.25, 0.3) is 0 Å². The lowest BCUT2D eigenvalue weighted by atomic mass is 10.0. The number of ether oxygens (including phenoxy) is 1. The number of para-hydroxylation sites is 1. The largest absolute Gasteiger partial charge is 0.489 e. The molecule has 0 aliphatic carbocycles. The Morgan fingerprint density at radius 1 is 1.29 bits per heavy atom. The quantitative estimate of drug-likeness (QED) is 0.822. The topological polar surface area (TPSA) is 33.3 Å². The van der Waals surface area contributed by atoms with E-state index in [1.165, 1.54) is 0 Å². The lowest BCUT2D eigenvalue weighted by molar-refractivity contribution is 0.244. The zero-order chi connectivity index (χ0) is 12.5. The van der Waals surface area contributed by atoms with Crippen molar-refractivity contribution in [3.05, 3.63) is 18.2 Å². The first-order chi connectivity index (χ1) is 7.98. The van der Waals surface area contributed by atoms with Crippen molar-refractivity contribution in [1.29, 1.82) is 0 Å². The Balaban J connectivity index is 2.34. The summed E-state index contributed by atoms with van der Waals surface area (Å²) in [5, 5.41) is 7.04. The summed E-state index contributed by atoms with van der Waals surface area (Å²) in [4.78, 5) is 0. The molecular weight excluding hydrogens is 212 g/mol. The highest BCUT2D eigenvalue weighted by atomic mass is 16.5. The van der Waals surface area contributed by atoms with Crippen molar-refractivity contribution in [2.24, 2.45) is 0 Å². The smallest absolute Gasteiger partial charge is 0.144 e. The van der Waals surface area contributed by atoms with Crippen molar-refractivity contribution in [1.82, 2.24) is 0 Å². The maximum atomic E-state index is 5.83. The molecular formula is C14H22N2O. The molecule has 0 saturated carbocycles. The van der Waals surface area contributed by atoms with Gasteiger partial charge >= 0.3 is 0 Å². The Hall–Kier alpha value is -1.38. The van der Waals surface area contributed by atoms with E-state index in [1.807, 2.05) is 26.0 Å². The fourth-order valence-electron chi connectivity index (χ4n) is 2.10. The predicted octanol–water partition coefficient (Wildman–Crippen LogP) is 3.48. The minimum Gasteiger partial charge on any atom is -0.489 e. The molecule has 0 unspecified atom stereocenters. The zero-order valence-electron chi connectivity index (χ0n) is 11.1. The lowest BCUT2D eigenvalue weighted by Gasteiger charge is -2.25. The normalized spacial score (nSPS) is 17.7. The summed E-state index contributed by atoms with van der Waals surface area (Å²) in [6.07, 6.45) is 1.28. The highest BCUT2D eigenvalue weighted by Crippen LogP contribution is 2.37. The molecule has 94 valence electrons. The fraction of sp³-hybridized carbons (Fsp3) is 0.571. The molecule has 1 aliphatic rings. The third kappa shape index (κ3) is 2.84. The van der Waals surface area contributed by atoms with Crippen LogP contribution in [0.1, 0.15) is 34.1 Å². The highest BCUT2D eigenvalue weighted by Gasteiger charge is 2.23. The first kappa shape index (κ1) is 12.1. The molecule has 0 atom stereocenters. The number of benzene rings is 1. The van der Waals surface area contributed by atoms with Gasteiger partial charge in [-0.2, -0.15) is 0 Å². The molecule has 3 heteroatoms.